The van der Waals surface area contributed by atoms with Crippen LogP contribution < -0.4 is 4.74 Å². The largest absolute Gasteiger partial charge is 0.487 e. The van der Waals surface area contributed by atoms with E-state index in [1.807, 2.05) is 18.2 Å². The van der Waals surface area contributed by atoms with E-state index in [-0.39, 0.29) is 5.60 Å². The lowest BCUT2D eigenvalue weighted by molar-refractivity contribution is -0.0328. The maximum atomic E-state index is 10.3. The Morgan fingerprint density at radius 2 is 2.24 bits per heavy atom. The third kappa shape index (κ3) is 1.89. The van der Waals surface area contributed by atoms with Gasteiger partial charge < -0.3 is 9.84 Å². The van der Waals surface area contributed by atoms with E-state index in [0.717, 1.165) is 28.6 Å². The Bertz CT molecular complexity index is 442. The molecule has 2 aliphatic rings. The SMILES string of the molecule is CCC1(C2CC2)C[C@H](O)c2cc(Br)ccc2O1. The number of benzene rings is 1. The molecule has 17 heavy (non-hydrogen) atoms. The first-order valence-electron chi connectivity index (χ1n) is 6.31. The van der Waals surface area contributed by atoms with Crippen molar-refractivity contribution >= 4 is 15.9 Å². The van der Waals surface area contributed by atoms with Crippen molar-refractivity contribution in [2.75, 3.05) is 0 Å². The van der Waals surface area contributed by atoms with E-state index in [1.165, 1.54) is 12.8 Å². The van der Waals surface area contributed by atoms with E-state index in [0.29, 0.717) is 5.92 Å². The number of ether oxygens (including phenoxy) is 1. The van der Waals surface area contributed by atoms with Gasteiger partial charge in [0.2, 0.25) is 0 Å². The van der Waals surface area contributed by atoms with Crippen LogP contribution in [0.5, 0.6) is 5.75 Å². The second-order valence-electron chi connectivity index (χ2n) is 5.20. The Hall–Kier alpha value is -0.540. The molecule has 92 valence electrons. The lowest BCUT2D eigenvalue weighted by Gasteiger charge is -2.41. The molecule has 1 aromatic carbocycles. The average molecular weight is 297 g/mol. The number of rotatable bonds is 2. The average Bonchev–Trinajstić information content (AvgIpc) is 3.14. The predicted molar refractivity (Wildman–Crippen MR) is 70.1 cm³/mol. The summed E-state index contributed by atoms with van der Waals surface area (Å²) >= 11 is 3.44. The predicted octanol–water partition coefficient (Wildman–Crippen LogP) is 3.82. The third-order valence-corrected chi connectivity index (χ3v) is 4.60. The summed E-state index contributed by atoms with van der Waals surface area (Å²) in [5.41, 5.74) is 0.796. The lowest BCUT2D eigenvalue weighted by Crippen LogP contribution is -2.42. The van der Waals surface area contributed by atoms with Crippen molar-refractivity contribution in [3.05, 3.63) is 28.2 Å². The van der Waals surface area contributed by atoms with E-state index in [1.54, 1.807) is 0 Å². The van der Waals surface area contributed by atoms with E-state index in [2.05, 4.69) is 22.9 Å². The number of hydrogen-bond donors (Lipinski definition) is 1. The topological polar surface area (TPSA) is 29.5 Å². The van der Waals surface area contributed by atoms with Gasteiger partial charge in [0.1, 0.15) is 11.4 Å². The molecule has 1 aliphatic heterocycles. The lowest BCUT2D eigenvalue weighted by atomic mass is 9.83. The zero-order chi connectivity index (χ0) is 12.0. The van der Waals surface area contributed by atoms with Crippen LogP contribution in [0.4, 0.5) is 0 Å². The molecule has 2 nitrogen and oxygen atoms in total. The minimum absolute atomic E-state index is 0.125. The molecule has 1 N–H and O–H groups in total. The van der Waals surface area contributed by atoms with E-state index in [9.17, 15) is 5.11 Å². The van der Waals surface area contributed by atoms with E-state index >= 15 is 0 Å². The maximum absolute atomic E-state index is 10.3. The molecule has 1 aromatic rings. The summed E-state index contributed by atoms with van der Waals surface area (Å²) in [6.07, 6.45) is 3.80. The Labute approximate surface area is 110 Å². The van der Waals surface area contributed by atoms with Gasteiger partial charge in [-0.2, -0.15) is 0 Å². The summed E-state index contributed by atoms with van der Waals surface area (Å²) in [5.74, 6) is 1.50. The summed E-state index contributed by atoms with van der Waals surface area (Å²) in [6.45, 7) is 2.16. The zero-order valence-electron chi connectivity index (χ0n) is 9.95. The van der Waals surface area contributed by atoms with Crippen LogP contribution in [-0.2, 0) is 0 Å². The third-order valence-electron chi connectivity index (χ3n) is 4.10. The molecule has 0 radical (unpaired) electrons. The summed E-state index contributed by atoms with van der Waals surface area (Å²) < 4.78 is 7.23. The molecule has 3 heteroatoms. The van der Waals surface area contributed by atoms with Gasteiger partial charge in [-0.15, -0.1) is 0 Å². The van der Waals surface area contributed by atoms with Crippen LogP contribution in [0, 0.1) is 5.92 Å². The van der Waals surface area contributed by atoms with Gasteiger partial charge >= 0.3 is 0 Å². The van der Waals surface area contributed by atoms with Gasteiger partial charge in [-0.1, -0.05) is 22.9 Å². The van der Waals surface area contributed by atoms with Crippen molar-refractivity contribution in [3.8, 4) is 5.75 Å². The Balaban J connectivity index is 1.99. The van der Waals surface area contributed by atoms with Crippen LogP contribution in [0.25, 0.3) is 0 Å². The fourth-order valence-corrected chi connectivity index (χ4v) is 3.31. The molecule has 1 unspecified atom stereocenters. The van der Waals surface area contributed by atoms with Crippen molar-refractivity contribution < 1.29 is 9.84 Å². The van der Waals surface area contributed by atoms with Crippen LogP contribution in [0.2, 0.25) is 0 Å². The minimum atomic E-state index is -0.392. The Morgan fingerprint density at radius 3 is 2.88 bits per heavy atom. The van der Waals surface area contributed by atoms with Gasteiger partial charge in [0.25, 0.3) is 0 Å². The maximum Gasteiger partial charge on any atom is 0.126 e. The molecule has 1 heterocycles. The van der Waals surface area contributed by atoms with Crippen LogP contribution in [-0.4, -0.2) is 10.7 Å². The standard InChI is InChI=1S/C14H17BrO2/c1-2-14(9-3-4-9)8-12(16)11-7-10(15)5-6-13(11)17-14/h5-7,9,12,16H,2-4,8H2,1H3/t12-,14?/m0/s1. The number of aliphatic hydroxyl groups excluding tert-OH is 1. The summed E-state index contributed by atoms with van der Waals surface area (Å²) in [6, 6.07) is 5.91. The van der Waals surface area contributed by atoms with Crippen molar-refractivity contribution in [1.29, 1.82) is 0 Å². The van der Waals surface area contributed by atoms with Crippen LogP contribution >= 0.6 is 15.9 Å². The molecule has 2 atom stereocenters. The molecule has 0 saturated heterocycles. The highest BCUT2D eigenvalue weighted by Crippen LogP contribution is 2.52. The van der Waals surface area contributed by atoms with Gasteiger partial charge in [-0.05, 0) is 43.4 Å². The Morgan fingerprint density at radius 1 is 1.47 bits per heavy atom. The summed E-state index contributed by atoms with van der Waals surface area (Å²) in [5, 5.41) is 10.3. The molecule has 1 fully saturated rings. The quantitative estimate of drug-likeness (QED) is 0.899. The van der Waals surface area contributed by atoms with Crippen LogP contribution in [0.3, 0.4) is 0 Å². The molecule has 0 spiro atoms. The highest BCUT2D eigenvalue weighted by molar-refractivity contribution is 9.10. The minimum Gasteiger partial charge on any atom is -0.487 e. The molecule has 0 amide bonds. The van der Waals surface area contributed by atoms with Crippen molar-refractivity contribution in [3.63, 3.8) is 0 Å². The number of hydrogen-bond acceptors (Lipinski definition) is 2. The van der Waals surface area contributed by atoms with E-state index in [4.69, 9.17) is 4.74 Å². The molecular formula is C14H17BrO2. The van der Waals surface area contributed by atoms with Gasteiger partial charge in [-0.25, -0.2) is 0 Å². The molecule has 1 aliphatic carbocycles. The molecular weight excluding hydrogens is 280 g/mol. The first kappa shape index (κ1) is 11.5. The van der Waals surface area contributed by atoms with Crippen molar-refractivity contribution in [2.45, 2.75) is 44.3 Å². The monoisotopic (exact) mass is 296 g/mol. The normalized spacial score (nSPS) is 31.8. The van der Waals surface area contributed by atoms with Crippen LogP contribution in [0.1, 0.15) is 44.3 Å². The molecule has 1 saturated carbocycles. The summed E-state index contributed by atoms with van der Waals surface area (Å²) in [4.78, 5) is 0. The zero-order valence-corrected chi connectivity index (χ0v) is 11.5. The van der Waals surface area contributed by atoms with Crippen molar-refractivity contribution in [2.24, 2.45) is 5.92 Å². The smallest absolute Gasteiger partial charge is 0.126 e. The highest BCUT2D eigenvalue weighted by atomic mass is 79.9. The van der Waals surface area contributed by atoms with Crippen molar-refractivity contribution in [1.82, 2.24) is 0 Å². The van der Waals surface area contributed by atoms with Gasteiger partial charge in [0, 0.05) is 16.5 Å². The first-order chi connectivity index (χ1) is 8.14. The highest BCUT2D eigenvalue weighted by Gasteiger charge is 2.49. The number of halogens is 1. The van der Waals surface area contributed by atoms with Gasteiger partial charge in [-0.3, -0.25) is 0 Å². The molecule has 3 rings (SSSR count). The molecule has 0 bridgehead atoms. The fraction of sp³-hybridized carbons (Fsp3) is 0.571. The molecule has 0 aromatic heterocycles. The fourth-order valence-electron chi connectivity index (χ4n) is 2.94. The number of fused-ring (bicyclic) bond motifs is 1. The Kier molecular flexibility index (Phi) is 2.71. The van der Waals surface area contributed by atoms with Crippen LogP contribution in [0.15, 0.2) is 22.7 Å². The van der Waals surface area contributed by atoms with Gasteiger partial charge in [0.05, 0.1) is 6.10 Å². The first-order valence-corrected chi connectivity index (χ1v) is 7.10. The second-order valence-corrected chi connectivity index (χ2v) is 6.11. The number of aliphatic hydroxyl groups is 1. The van der Waals surface area contributed by atoms with Gasteiger partial charge in [0.15, 0.2) is 0 Å². The summed E-state index contributed by atoms with van der Waals surface area (Å²) in [7, 11) is 0. The van der Waals surface area contributed by atoms with E-state index < -0.39 is 6.10 Å². The second kappa shape index (κ2) is 3.99.